The number of hydrogen-bond acceptors (Lipinski definition) is 7. The fourth-order valence-corrected chi connectivity index (χ4v) is 2.49. The zero-order valence-corrected chi connectivity index (χ0v) is 15.8. The molecule has 0 atom stereocenters. The zero-order chi connectivity index (χ0) is 20.3. The number of hydrogen-bond donors (Lipinski definition) is 4. The van der Waals surface area contributed by atoms with Gasteiger partial charge in [0, 0.05) is 19.8 Å². The number of nitrogens with zero attached hydrogens (tertiary/aromatic N) is 3. The molecule has 0 aliphatic heterocycles. The van der Waals surface area contributed by atoms with Crippen LogP contribution in [0.5, 0.6) is 0 Å². The number of rotatable bonds is 5. The van der Waals surface area contributed by atoms with Gasteiger partial charge >= 0.3 is 0 Å². The zero-order valence-electron chi connectivity index (χ0n) is 15.8. The lowest BCUT2D eigenvalue weighted by atomic mass is 9.98. The summed E-state index contributed by atoms with van der Waals surface area (Å²) in [6.45, 7) is 3.72. The minimum absolute atomic E-state index is 0.00225. The molecule has 27 heavy (non-hydrogen) atoms. The average molecular weight is 369 g/mol. The summed E-state index contributed by atoms with van der Waals surface area (Å²) in [6.07, 6.45) is 1.44. The fraction of sp³-hybridized carbons (Fsp3) is 0.278. The molecule has 0 unspecified atom stereocenters. The quantitative estimate of drug-likeness (QED) is 0.575. The Morgan fingerprint density at radius 2 is 1.70 bits per heavy atom. The van der Waals surface area contributed by atoms with Crippen molar-refractivity contribution in [2.45, 2.75) is 20.3 Å². The Hall–Kier alpha value is -3.49. The Labute approximate surface area is 157 Å². The SMILES string of the molecule is Cc1c(CC(=O)N(C)C)ccc(NC(=O)C(=N)c2c(N)ncnc2N)c1C. The molecular formula is C18H23N7O2. The largest absolute Gasteiger partial charge is 0.383 e. The van der Waals surface area contributed by atoms with Crippen LogP contribution in [0.3, 0.4) is 0 Å². The Bertz CT molecular complexity index is 902. The number of anilines is 3. The second kappa shape index (κ2) is 7.81. The predicted molar refractivity (Wildman–Crippen MR) is 105 cm³/mol. The summed E-state index contributed by atoms with van der Waals surface area (Å²) in [6, 6.07) is 3.50. The van der Waals surface area contributed by atoms with Crippen molar-refractivity contribution in [1.82, 2.24) is 14.9 Å². The molecule has 0 aliphatic carbocycles. The summed E-state index contributed by atoms with van der Waals surface area (Å²) in [5, 5.41) is 10.8. The smallest absolute Gasteiger partial charge is 0.274 e. The molecule has 142 valence electrons. The number of nitrogen functional groups attached to an aromatic ring is 2. The molecule has 9 heteroatoms. The van der Waals surface area contributed by atoms with E-state index in [1.165, 1.54) is 11.2 Å². The minimum Gasteiger partial charge on any atom is -0.383 e. The van der Waals surface area contributed by atoms with E-state index in [9.17, 15) is 9.59 Å². The van der Waals surface area contributed by atoms with E-state index in [1.54, 1.807) is 26.2 Å². The molecule has 0 aliphatic rings. The molecule has 0 saturated carbocycles. The van der Waals surface area contributed by atoms with Crippen LogP contribution in [0.25, 0.3) is 0 Å². The van der Waals surface area contributed by atoms with Gasteiger partial charge in [0.1, 0.15) is 23.7 Å². The van der Waals surface area contributed by atoms with Crippen LogP contribution in [0.2, 0.25) is 0 Å². The molecule has 1 heterocycles. The van der Waals surface area contributed by atoms with Crippen LogP contribution < -0.4 is 16.8 Å². The molecule has 0 saturated heterocycles. The second-order valence-electron chi connectivity index (χ2n) is 6.34. The number of aromatic nitrogens is 2. The lowest BCUT2D eigenvalue weighted by Gasteiger charge is -2.16. The van der Waals surface area contributed by atoms with E-state index in [1.807, 2.05) is 13.8 Å². The summed E-state index contributed by atoms with van der Waals surface area (Å²) >= 11 is 0. The van der Waals surface area contributed by atoms with Crippen molar-refractivity contribution >= 4 is 34.8 Å². The van der Waals surface area contributed by atoms with E-state index in [-0.39, 0.29) is 29.5 Å². The van der Waals surface area contributed by atoms with Gasteiger partial charge in [-0.15, -0.1) is 0 Å². The number of carbonyl (C=O) groups is 2. The van der Waals surface area contributed by atoms with Crippen molar-refractivity contribution in [2.75, 3.05) is 30.9 Å². The summed E-state index contributed by atoms with van der Waals surface area (Å²) in [5.74, 6) is -0.755. The van der Waals surface area contributed by atoms with Gasteiger partial charge in [0.2, 0.25) is 5.91 Å². The highest BCUT2D eigenvalue weighted by atomic mass is 16.2. The van der Waals surface area contributed by atoms with Gasteiger partial charge in [-0.1, -0.05) is 6.07 Å². The summed E-state index contributed by atoms with van der Waals surface area (Å²) < 4.78 is 0. The number of benzene rings is 1. The van der Waals surface area contributed by atoms with Crippen molar-refractivity contribution in [2.24, 2.45) is 0 Å². The molecule has 2 rings (SSSR count). The lowest BCUT2D eigenvalue weighted by molar-refractivity contribution is -0.128. The lowest BCUT2D eigenvalue weighted by Crippen LogP contribution is -2.26. The highest BCUT2D eigenvalue weighted by Gasteiger charge is 2.20. The van der Waals surface area contributed by atoms with Gasteiger partial charge in [0.25, 0.3) is 5.91 Å². The Morgan fingerprint density at radius 3 is 2.26 bits per heavy atom. The predicted octanol–water partition coefficient (Wildman–Crippen LogP) is 0.895. The standard InChI is InChI=1S/C18H23N7O2/c1-9-10(2)12(6-5-11(9)7-13(26)25(3)4)24-18(27)15(19)14-16(20)22-8-23-17(14)21/h5-6,8,19H,7H2,1-4H3,(H,24,27)(H4,20,21,22,23). The number of nitrogens with one attached hydrogen (secondary N) is 2. The monoisotopic (exact) mass is 369 g/mol. The average Bonchev–Trinajstić information content (AvgIpc) is 2.60. The molecule has 0 spiro atoms. The van der Waals surface area contributed by atoms with Crippen LogP contribution in [0.15, 0.2) is 18.5 Å². The first-order valence-corrected chi connectivity index (χ1v) is 8.19. The van der Waals surface area contributed by atoms with E-state index < -0.39 is 11.6 Å². The maximum atomic E-state index is 12.5. The first kappa shape index (κ1) is 19.8. The third-order valence-electron chi connectivity index (χ3n) is 4.37. The molecule has 6 N–H and O–H groups in total. The van der Waals surface area contributed by atoms with Crippen LogP contribution in [0, 0.1) is 19.3 Å². The third kappa shape index (κ3) is 4.20. The molecule has 1 aromatic heterocycles. The van der Waals surface area contributed by atoms with E-state index in [4.69, 9.17) is 16.9 Å². The van der Waals surface area contributed by atoms with Crippen LogP contribution in [-0.4, -0.2) is 46.5 Å². The molecule has 2 aromatic rings. The molecule has 9 nitrogen and oxygen atoms in total. The van der Waals surface area contributed by atoms with E-state index in [2.05, 4.69) is 15.3 Å². The number of amides is 2. The molecule has 1 aromatic carbocycles. The summed E-state index contributed by atoms with van der Waals surface area (Å²) in [7, 11) is 3.41. The van der Waals surface area contributed by atoms with Crippen LogP contribution in [0.4, 0.5) is 17.3 Å². The topological polar surface area (TPSA) is 151 Å². The molecule has 0 fully saturated rings. The van der Waals surface area contributed by atoms with Crippen LogP contribution in [0.1, 0.15) is 22.3 Å². The van der Waals surface area contributed by atoms with E-state index >= 15 is 0 Å². The maximum absolute atomic E-state index is 12.5. The maximum Gasteiger partial charge on any atom is 0.274 e. The van der Waals surface area contributed by atoms with Gasteiger partial charge in [0.05, 0.1) is 12.0 Å². The van der Waals surface area contributed by atoms with Gasteiger partial charge in [-0.2, -0.15) is 0 Å². The normalized spacial score (nSPS) is 10.4. The van der Waals surface area contributed by atoms with Gasteiger partial charge in [-0.05, 0) is 36.6 Å². The molecular weight excluding hydrogens is 346 g/mol. The highest BCUT2D eigenvalue weighted by molar-refractivity contribution is 6.49. The molecule has 0 radical (unpaired) electrons. The van der Waals surface area contributed by atoms with Crippen molar-refractivity contribution < 1.29 is 9.59 Å². The molecule has 0 bridgehead atoms. The first-order chi connectivity index (χ1) is 12.6. The van der Waals surface area contributed by atoms with Crippen LogP contribution >= 0.6 is 0 Å². The molecule has 2 amide bonds. The Morgan fingerprint density at radius 1 is 1.11 bits per heavy atom. The second-order valence-corrected chi connectivity index (χ2v) is 6.34. The number of likely N-dealkylation sites (N-methyl/N-ethyl adjacent to an activating group) is 1. The fourth-order valence-electron chi connectivity index (χ4n) is 2.49. The van der Waals surface area contributed by atoms with Crippen molar-refractivity contribution in [3.8, 4) is 0 Å². The minimum atomic E-state index is -0.678. The first-order valence-electron chi connectivity index (χ1n) is 8.19. The van der Waals surface area contributed by atoms with Crippen molar-refractivity contribution in [3.05, 3.63) is 40.7 Å². The summed E-state index contributed by atoms with van der Waals surface area (Å²) in [5.41, 5.74) is 14.1. The highest BCUT2D eigenvalue weighted by Crippen LogP contribution is 2.24. The Balaban J connectivity index is 2.25. The van der Waals surface area contributed by atoms with Crippen LogP contribution in [-0.2, 0) is 16.0 Å². The van der Waals surface area contributed by atoms with Gasteiger partial charge in [-0.3, -0.25) is 15.0 Å². The van der Waals surface area contributed by atoms with E-state index in [0.29, 0.717) is 5.69 Å². The number of nitrogens with two attached hydrogens (primary N) is 2. The van der Waals surface area contributed by atoms with Gasteiger partial charge in [-0.25, -0.2) is 9.97 Å². The van der Waals surface area contributed by atoms with Gasteiger partial charge in [0.15, 0.2) is 0 Å². The van der Waals surface area contributed by atoms with Crippen molar-refractivity contribution in [3.63, 3.8) is 0 Å². The Kier molecular flexibility index (Phi) is 5.74. The number of carbonyl (C=O) groups excluding carboxylic acids is 2. The van der Waals surface area contributed by atoms with E-state index in [0.717, 1.165) is 16.7 Å². The van der Waals surface area contributed by atoms with Crippen molar-refractivity contribution in [1.29, 1.82) is 5.41 Å². The van der Waals surface area contributed by atoms with Gasteiger partial charge < -0.3 is 21.7 Å². The third-order valence-corrected chi connectivity index (χ3v) is 4.37. The summed E-state index contributed by atoms with van der Waals surface area (Å²) in [4.78, 5) is 33.5.